The topological polar surface area (TPSA) is 60.8 Å². The highest BCUT2D eigenvalue weighted by atomic mass is 19.2. The monoisotopic (exact) mass is 245 g/mol. The molecule has 94 valence electrons. The van der Waals surface area contributed by atoms with E-state index in [1.807, 2.05) is 0 Å². The van der Waals surface area contributed by atoms with E-state index in [1.165, 1.54) is 18.0 Å². The molecular formula is C11H13F2NO3. The van der Waals surface area contributed by atoms with E-state index < -0.39 is 23.7 Å². The minimum Gasteiger partial charge on any atom is -0.480 e. The number of likely N-dealkylation sites (N-methyl/N-ethyl adjacent to an activating group) is 1. The van der Waals surface area contributed by atoms with E-state index in [1.54, 1.807) is 0 Å². The minimum absolute atomic E-state index is 0.0252. The lowest BCUT2D eigenvalue weighted by Crippen LogP contribution is -2.29. The van der Waals surface area contributed by atoms with Crippen LogP contribution in [0.15, 0.2) is 18.2 Å². The van der Waals surface area contributed by atoms with Crippen molar-refractivity contribution in [1.82, 2.24) is 4.90 Å². The predicted molar refractivity (Wildman–Crippen MR) is 56.5 cm³/mol. The average Bonchev–Trinajstić information content (AvgIpc) is 2.20. The van der Waals surface area contributed by atoms with Crippen molar-refractivity contribution in [2.45, 2.75) is 6.10 Å². The lowest BCUT2D eigenvalue weighted by atomic mass is 10.1. The molecule has 0 saturated carbocycles. The van der Waals surface area contributed by atoms with Crippen LogP contribution in [0.3, 0.4) is 0 Å². The molecule has 0 aliphatic heterocycles. The van der Waals surface area contributed by atoms with Crippen LogP contribution in [0.1, 0.15) is 11.7 Å². The molecule has 0 fully saturated rings. The Morgan fingerprint density at radius 2 is 2.06 bits per heavy atom. The van der Waals surface area contributed by atoms with Crippen molar-refractivity contribution in [3.8, 4) is 0 Å². The highest BCUT2D eigenvalue weighted by Gasteiger charge is 2.14. The summed E-state index contributed by atoms with van der Waals surface area (Å²) in [5.41, 5.74) is 0.209. The predicted octanol–water partition coefficient (Wildman–Crippen LogP) is 1.01. The fraction of sp³-hybridized carbons (Fsp3) is 0.364. The van der Waals surface area contributed by atoms with Crippen LogP contribution >= 0.6 is 0 Å². The summed E-state index contributed by atoms with van der Waals surface area (Å²) in [4.78, 5) is 11.8. The normalized spacial score (nSPS) is 12.8. The van der Waals surface area contributed by atoms with Gasteiger partial charge < -0.3 is 10.2 Å². The van der Waals surface area contributed by atoms with Crippen LogP contribution in [0.4, 0.5) is 8.78 Å². The summed E-state index contributed by atoms with van der Waals surface area (Å²) >= 11 is 0. The van der Waals surface area contributed by atoms with Crippen molar-refractivity contribution in [2.24, 2.45) is 0 Å². The van der Waals surface area contributed by atoms with Gasteiger partial charge in [0, 0.05) is 6.54 Å². The summed E-state index contributed by atoms with van der Waals surface area (Å²) in [6, 6.07) is 3.08. The fourth-order valence-electron chi connectivity index (χ4n) is 1.42. The lowest BCUT2D eigenvalue weighted by Gasteiger charge is -2.18. The summed E-state index contributed by atoms with van der Waals surface area (Å²) in [5.74, 6) is -3.05. The molecule has 0 saturated heterocycles. The molecule has 2 N–H and O–H groups in total. The SMILES string of the molecule is CN(CC(=O)O)CC(O)c1ccc(F)c(F)c1. The van der Waals surface area contributed by atoms with Gasteiger partial charge in [-0.3, -0.25) is 9.69 Å². The number of hydrogen-bond donors (Lipinski definition) is 2. The van der Waals surface area contributed by atoms with Crippen LogP contribution in [0, 0.1) is 11.6 Å². The maximum absolute atomic E-state index is 12.9. The molecule has 17 heavy (non-hydrogen) atoms. The summed E-state index contributed by atoms with van der Waals surface area (Å²) in [5, 5.41) is 18.2. The second kappa shape index (κ2) is 5.70. The molecule has 0 amide bonds. The van der Waals surface area contributed by atoms with Crippen molar-refractivity contribution in [2.75, 3.05) is 20.1 Å². The van der Waals surface area contributed by atoms with Crippen LogP contribution in [0.25, 0.3) is 0 Å². The first kappa shape index (κ1) is 13.5. The van der Waals surface area contributed by atoms with E-state index in [4.69, 9.17) is 5.11 Å². The van der Waals surface area contributed by atoms with Gasteiger partial charge in [0.25, 0.3) is 0 Å². The first-order chi connectivity index (χ1) is 7.90. The van der Waals surface area contributed by atoms with E-state index in [2.05, 4.69) is 0 Å². The van der Waals surface area contributed by atoms with Gasteiger partial charge in [-0.15, -0.1) is 0 Å². The standard InChI is InChI=1S/C11H13F2NO3/c1-14(6-11(16)17)5-10(15)7-2-3-8(12)9(13)4-7/h2-4,10,15H,5-6H2,1H3,(H,16,17). The number of aliphatic hydroxyl groups excluding tert-OH is 1. The maximum atomic E-state index is 12.9. The van der Waals surface area contributed by atoms with Crippen molar-refractivity contribution >= 4 is 5.97 Å². The number of benzene rings is 1. The van der Waals surface area contributed by atoms with E-state index >= 15 is 0 Å². The van der Waals surface area contributed by atoms with Crippen molar-refractivity contribution in [3.63, 3.8) is 0 Å². The highest BCUT2D eigenvalue weighted by Crippen LogP contribution is 2.16. The quantitative estimate of drug-likeness (QED) is 0.813. The molecule has 0 aliphatic rings. The maximum Gasteiger partial charge on any atom is 0.317 e. The Morgan fingerprint density at radius 1 is 1.41 bits per heavy atom. The molecule has 1 aromatic rings. The molecule has 1 unspecified atom stereocenters. The summed E-state index contributed by atoms with van der Waals surface area (Å²) < 4.78 is 25.5. The molecule has 6 heteroatoms. The number of carboxylic acid groups (broad SMARTS) is 1. The molecule has 0 aliphatic carbocycles. The zero-order chi connectivity index (χ0) is 13.0. The zero-order valence-electron chi connectivity index (χ0n) is 9.23. The van der Waals surface area contributed by atoms with Crippen molar-refractivity contribution < 1.29 is 23.8 Å². The van der Waals surface area contributed by atoms with Crippen LogP contribution in [0.5, 0.6) is 0 Å². The van der Waals surface area contributed by atoms with Gasteiger partial charge in [-0.2, -0.15) is 0 Å². The second-order valence-electron chi connectivity index (χ2n) is 3.78. The molecule has 1 aromatic carbocycles. The van der Waals surface area contributed by atoms with Gasteiger partial charge in [-0.25, -0.2) is 8.78 Å². The molecule has 0 spiro atoms. The summed E-state index contributed by atoms with van der Waals surface area (Å²) in [6.45, 7) is -0.210. The zero-order valence-corrected chi connectivity index (χ0v) is 9.23. The van der Waals surface area contributed by atoms with Crippen molar-refractivity contribution in [3.05, 3.63) is 35.4 Å². The number of hydrogen-bond acceptors (Lipinski definition) is 3. The Labute approximate surface area is 97.1 Å². The smallest absolute Gasteiger partial charge is 0.317 e. The van der Waals surface area contributed by atoms with E-state index in [0.717, 1.165) is 12.1 Å². The molecule has 0 radical (unpaired) electrons. The van der Waals surface area contributed by atoms with Crippen LogP contribution in [-0.4, -0.2) is 41.2 Å². The van der Waals surface area contributed by atoms with Gasteiger partial charge in [0.15, 0.2) is 11.6 Å². The molecule has 4 nitrogen and oxygen atoms in total. The average molecular weight is 245 g/mol. The third kappa shape index (κ3) is 4.08. The second-order valence-corrected chi connectivity index (χ2v) is 3.78. The minimum atomic E-state index is -1.06. The molecule has 0 aromatic heterocycles. The van der Waals surface area contributed by atoms with E-state index in [0.29, 0.717) is 0 Å². The van der Waals surface area contributed by atoms with E-state index in [9.17, 15) is 18.7 Å². The van der Waals surface area contributed by atoms with Gasteiger partial charge in [0.1, 0.15) is 0 Å². The van der Waals surface area contributed by atoms with Crippen LogP contribution < -0.4 is 0 Å². The Balaban J connectivity index is 2.66. The van der Waals surface area contributed by atoms with E-state index in [-0.39, 0.29) is 18.7 Å². The fourth-order valence-corrected chi connectivity index (χ4v) is 1.42. The third-order valence-corrected chi connectivity index (χ3v) is 2.22. The van der Waals surface area contributed by atoms with Crippen molar-refractivity contribution in [1.29, 1.82) is 0 Å². The third-order valence-electron chi connectivity index (χ3n) is 2.22. The Hall–Kier alpha value is -1.53. The summed E-state index contributed by atoms with van der Waals surface area (Å²) in [6.07, 6.45) is -1.06. The van der Waals surface area contributed by atoms with Gasteiger partial charge in [0.2, 0.25) is 0 Å². The van der Waals surface area contributed by atoms with Gasteiger partial charge in [-0.1, -0.05) is 6.07 Å². The molecule has 0 bridgehead atoms. The largest absolute Gasteiger partial charge is 0.480 e. The summed E-state index contributed by atoms with van der Waals surface area (Å²) in [7, 11) is 1.51. The first-order valence-electron chi connectivity index (χ1n) is 4.93. The first-order valence-corrected chi connectivity index (χ1v) is 4.93. The Kier molecular flexibility index (Phi) is 4.53. The lowest BCUT2D eigenvalue weighted by molar-refractivity contribution is -0.138. The van der Waals surface area contributed by atoms with Crippen LogP contribution in [0.2, 0.25) is 0 Å². The number of rotatable bonds is 5. The number of aliphatic hydroxyl groups is 1. The Bertz CT molecular complexity index is 412. The van der Waals surface area contributed by atoms with Crippen LogP contribution in [-0.2, 0) is 4.79 Å². The highest BCUT2D eigenvalue weighted by molar-refractivity contribution is 5.69. The molecule has 0 heterocycles. The van der Waals surface area contributed by atoms with Gasteiger partial charge in [0.05, 0.1) is 12.6 Å². The number of carbonyl (C=O) groups is 1. The van der Waals surface area contributed by atoms with Gasteiger partial charge >= 0.3 is 5.97 Å². The number of nitrogens with zero attached hydrogens (tertiary/aromatic N) is 1. The number of carboxylic acids is 1. The number of aliphatic carboxylic acids is 1. The Morgan fingerprint density at radius 3 is 2.59 bits per heavy atom. The van der Waals surface area contributed by atoms with Gasteiger partial charge in [-0.05, 0) is 24.7 Å². The molecule has 1 rings (SSSR count). The molecular weight excluding hydrogens is 232 g/mol. The molecule has 1 atom stereocenters. The number of halogens is 2.